The van der Waals surface area contributed by atoms with Crippen molar-refractivity contribution in [2.75, 3.05) is 10.6 Å². The van der Waals surface area contributed by atoms with Crippen molar-refractivity contribution in [3.8, 4) is 10.6 Å². The lowest BCUT2D eigenvalue weighted by atomic mass is 10.2. The van der Waals surface area contributed by atoms with Crippen molar-refractivity contribution in [2.24, 2.45) is 0 Å². The van der Waals surface area contributed by atoms with E-state index in [9.17, 15) is 9.59 Å². The van der Waals surface area contributed by atoms with Gasteiger partial charge in [0.25, 0.3) is 5.91 Å². The predicted molar refractivity (Wildman–Crippen MR) is 94.1 cm³/mol. The molecule has 2 aromatic heterocycles. The summed E-state index contributed by atoms with van der Waals surface area (Å²) < 4.78 is 0. The first-order valence-electron chi connectivity index (χ1n) is 6.79. The van der Waals surface area contributed by atoms with Crippen molar-refractivity contribution >= 4 is 45.9 Å². The molecule has 0 bridgehead atoms. The molecule has 0 aliphatic rings. The molecule has 3 aromatic rings. The third kappa shape index (κ3) is 3.82. The standard InChI is InChI=1S/C16H13N3O2S2/c1-10(20)17-12-3-2-4-13(7-12)18-15(21)14-9-23-16(19-14)11-5-6-22-8-11/h2-9H,1H3,(H,17,20)(H,18,21). The molecule has 7 heteroatoms. The minimum Gasteiger partial charge on any atom is -0.326 e. The molecular weight excluding hydrogens is 330 g/mol. The molecule has 2 amide bonds. The highest BCUT2D eigenvalue weighted by molar-refractivity contribution is 7.14. The molecule has 0 saturated carbocycles. The van der Waals surface area contributed by atoms with Gasteiger partial charge in [-0.25, -0.2) is 4.98 Å². The van der Waals surface area contributed by atoms with Crippen LogP contribution in [0.15, 0.2) is 46.5 Å². The first-order chi connectivity index (χ1) is 11.1. The van der Waals surface area contributed by atoms with Crippen LogP contribution in [-0.2, 0) is 4.79 Å². The van der Waals surface area contributed by atoms with Crippen LogP contribution in [0.2, 0.25) is 0 Å². The molecule has 2 heterocycles. The Bertz CT molecular complexity index is 841. The summed E-state index contributed by atoms with van der Waals surface area (Å²) in [6.07, 6.45) is 0. The van der Waals surface area contributed by atoms with Crippen molar-refractivity contribution in [3.63, 3.8) is 0 Å². The third-order valence-corrected chi connectivity index (χ3v) is 4.52. The normalized spacial score (nSPS) is 10.3. The van der Waals surface area contributed by atoms with Crippen LogP contribution < -0.4 is 10.6 Å². The molecule has 3 rings (SSSR count). The van der Waals surface area contributed by atoms with Gasteiger partial charge < -0.3 is 10.6 Å². The van der Waals surface area contributed by atoms with Crippen LogP contribution in [0.1, 0.15) is 17.4 Å². The zero-order chi connectivity index (χ0) is 16.2. The van der Waals surface area contributed by atoms with Crippen LogP contribution >= 0.6 is 22.7 Å². The number of anilines is 2. The molecule has 0 spiro atoms. The van der Waals surface area contributed by atoms with Crippen LogP contribution in [0.4, 0.5) is 11.4 Å². The minimum absolute atomic E-state index is 0.159. The average Bonchev–Trinajstić information content (AvgIpc) is 3.18. The Kier molecular flexibility index (Phi) is 4.50. The number of benzene rings is 1. The van der Waals surface area contributed by atoms with E-state index in [0.717, 1.165) is 10.6 Å². The Morgan fingerprint density at radius 3 is 2.57 bits per heavy atom. The quantitative estimate of drug-likeness (QED) is 0.750. The number of nitrogens with one attached hydrogen (secondary N) is 2. The molecule has 2 N–H and O–H groups in total. The van der Waals surface area contributed by atoms with Gasteiger partial charge in [0.1, 0.15) is 10.7 Å². The SMILES string of the molecule is CC(=O)Nc1cccc(NC(=O)c2csc(-c3ccsc3)n2)c1. The summed E-state index contributed by atoms with van der Waals surface area (Å²) in [4.78, 5) is 27.7. The maximum Gasteiger partial charge on any atom is 0.275 e. The van der Waals surface area contributed by atoms with Crippen molar-refractivity contribution in [1.29, 1.82) is 0 Å². The summed E-state index contributed by atoms with van der Waals surface area (Å²) in [5.41, 5.74) is 2.63. The summed E-state index contributed by atoms with van der Waals surface area (Å²) in [7, 11) is 0. The molecule has 0 aliphatic heterocycles. The van der Waals surface area contributed by atoms with Gasteiger partial charge in [-0.1, -0.05) is 6.07 Å². The summed E-state index contributed by atoms with van der Waals surface area (Å²) >= 11 is 3.03. The molecule has 0 aliphatic carbocycles. The van der Waals surface area contributed by atoms with Crippen molar-refractivity contribution in [3.05, 3.63) is 52.2 Å². The fourth-order valence-corrected chi connectivity index (χ4v) is 3.48. The third-order valence-electron chi connectivity index (χ3n) is 2.95. The van der Waals surface area contributed by atoms with Gasteiger partial charge in [0.2, 0.25) is 5.91 Å². The zero-order valence-electron chi connectivity index (χ0n) is 12.2. The Morgan fingerprint density at radius 2 is 1.87 bits per heavy atom. The Hall–Kier alpha value is -2.51. The number of thiazole rings is 1. The van der Waals surface area contributed by atoms with Gasteiger partial charge in [-0.3, -0.25) is 9.59 Å². The van der Waals surface area contributed by atoms with Crippen LogP contribution in [0.25, 0.3) is 10.6 Å². The lowest BCUT2D eigenvalue weighted by molar-refractivity contribution is -0.114. The number of amides is 2. The maximum absolute atomic E-state index is 12.3. The number of carbonyl (C=O) groups excluding carboxylic acids is 2. The van der Waals surface area contributed by atoms with E-state index in [1.54, 1.807) is 41.0 Å². The molecule has 0 saturated heterocycles. The van der Waals surface area contributed by atoms with E-state index < -0.39 is 0 Å². The topological polar surface area (TPSA) is 71.1 Å². The highest BCUT2D eigenvalue weighted by atomic mass is 32.1. The number of thiophene rings is 1. The molecule has 0 unspecified atom stereocenters. The van der Waals surface area contributed by atoms with E-state index in [1.807, 2.05) is 16.8 Å². The predicted octanol–water partition coefficient (Wildman–Crippen LogP) is 4.08. The fourth-order valence-electron chi connectivity index (χ4n) is 1.97. The van der Waals surface area contributed by atoms with Crippen LogP contribution in [-0.4, -0.2) is 16.8 Å². The highest BCUT2D eigenvalue weighted by Crippen LogP contribution is 2.26. The highest BCUT2D eigenvalue weighted by Gasteiger charge is 2.12. The first kappa shape index (κ1) is 15.4. The van der Waals surface area contributed by atoms with Crippen molar-refractivity contribution in [2.45, 2.75) is 6.92 Å². The van der Waals surface area contributed by atoms with Gasteiger partial charge >= 0.3 is 0 Å². The monoisotopic (exact) mass is 343 g/mol. The van der Waals surface area contributed by atoms with Crippen molar-refractivity contribution < 1.29 is 9.59 Å². The van der Waals surface area contributed by atoms with E-state index in [4.69, 9.17) is 0 Å². The molecule has 23 heavy (non-hydrogen) atoms. The van der Waals surface area contributed by atoms with Gasteiger partial charge in [-0.2, -0.15) is 11.3 Å². The smallest absolute Gasteiger partial charge is 0.275 e. The number of carbonyl (C=O) groups is 2. The van der Waals surface area contributed by atoms with Gasteiger partial charge in [0.05, 0.1) is 0 Å². The Labute approximate surface area is 141 Å². The van der Waals surface area contributed by atoms with E-state index >= 15 is 0 Å². The van der Waals surface area contributed by atoms with Gasteiger partial charge in [0.15, 0.2) is 0 Å². The lowest BCUT2D eigenvalue weighted by Gasteiger charge is -2.06. The fraction of sp³-hybridized carbons (Fsp3) is 0.0625. The van der Waals surface area contributed by atoms with E-state index in [0.29, 0.717) is 17.1 Å². The molecule has 0 radical (unpaired) electrons. The summed E-state index contributed by atoms with van der Waals surface area (Å²) in [5.74, 6) is -0.434. The number of aromatic nitrogens is 1. The van der Waals surface area contributed by atoms with Crippen LogP contribution in [0.3, 0.4) is 0 Å². The molecule has 5 nitrogen and oxygen atoms in total. The van der Waals surface area contributed by atoms with Gasteiger partial charge in [-0.05, 0) is 29.6 Å². The molecular formula is C16H13N3O2S2. The number of nitrogens with zero attached hydrogens (tertiary/aromatic N) is 1. The van der Waals surface area contributed by atoms with E-state index in [-0.39, 0.29) is 11.8 Å². The second-order valence-corrected chi connectivity index (χ2v) is 6.40. The summed E-state index contributed by atoms with van der Waals surface area (Å²) in [5, 5.41) is 12.0. The number of hydrogen-bond acceptors (Lipinski definition) is 5. The molecule has 0 fully saturated rings. The Balaban J connectivity index is 1.73. The largest absolute Gasteiger partial charge is 0.326 e. The van der Waals surface area contributed by atoms with Gasteiger partial charge in [-0.15, -0.1) is 11.3 Å². The maximum atomic E-state index is 12.3. The van der Waals surface area contributed by atoms with Crippen LogP contribution in [0.5, 0.6) is 0 Å². The van der Waals surface area contributed by atoms with Crippen LogP contribution in [0, 0.1) is 0 Å². The zero-order valence-corrected chi connectivity index (χ0v) is 13.8. The number of rotatable bonds is 4. The van der Waals surface area contributed by atoms with E-state index in [2.05, 4.69) is 15.6 Å². The molecule has 1 aromatic carbocycles. The van der Waals surface area contributed by atoms with E-state index in [1.165, 1.54) is 18.3 Å². The second-order valence-electron chi connectivity index (χ2n) is 4.77. The Morgan fingerprint density at radius 1 is 1.09 bits per heavy atom. The van der Waals surface area contributed by atoms with Crippen molar-refractivity contribution in [1.82, 2.24) is 4.98 Å². The first-order valence-corrected chi connectivity index (χ1v) is 8.61. The second kappa shape index (κ2) is 6.72. The molecule has 0 atom stereocenters. The molecule has 116 valence electrons. The summed E-state index contributed by atoms with van der Waals surface area (Å²) in [6, 6.07) is 8.95. The summed E-state index contributed by atoms with van der Waals surface area (Å²) in [6.45, 7) is 1.44. The minimum atomic E-state index is -0.275. The number of hydrogen-bond donors (Lipinski definition) is 2. The van der Waals surface area contributed by atoms with Gasteiger partial charge in [0, 0.05) is 34.6 Å². The lowest BCUT2D eigenvalue weighted by Crippen LogP contribution is -2.13. The average molecular weight is 343 g/mol.